The van der Waals surface area contributed by atoms with Crippen molar-refractivity contribution in [3.8, 4) is 0 Å². The zero-order valence-corrected chi connectivity index (χ0v) is 21.3. The highest BCUT2D eigenvalue weighted by molar-refractivity contribution is 6.74. The van der Waals surface area contributed by atoms with Gasteiger partial charge in [0.1, 0.15) is 0 Å². The molecule has 2 fully saturated rings. The molecule has 0 N–H and O–H groups in total. The van der Waals surface area contributed by atoms with E-state index in [1.165, 1.54) is 32.1 Å². The van der Waals surface area contributed by atoms with Crippen LogP contribution in [0.1, 0.15) is 87.5 Å². The summed E-state index contributed by atoms with van der Waals surface area (Å²) in [6.45, 7) is 22.9. The minimum absolute atomic E-state index is 0.0816. The summed E-state index contributed by atoms with van der Waals surface area (Å²) < 4.78 is 12.6. The molecular weight excluding hydrogens is 364 g/mol. The monoisotopic (exact) mass is 410 g/mol. The van der Waals surface area contributed by atoms with Crippen LogP contribution in [-0.4, -0.2) is 27.0 Å². The van der Waals surface area contributed by atoms with E-state index in [0.717, 1.165) is 0 Å². The van der Waals surface area contributed by atoms with Gasteiger partial charge in [0.05, 0.1) is 12.0 Å². The van der Waals surface area contributed by atoms with Crippen LogP contribution in [0.5, 0.6) is 0 Å². The normalized spacial score (nSPS) is 32.7. The number of carbonyl (C=O) groups is 1. The Balaban J connectivity index is 2.07. The zero-order chi connectivity index (χ0) is 21.5. The molecule has 5 atom stereocenters. The SMILES string of the molecule is C[C@@H](COC(=O)C(C)(C)C)[C@H]1CC[C@H]2[C@@H](O[Si](C)(C)C(C)(C)C)CCC[C@]12C. The average Bonchev–Trinajstić information content (AvgIpc) is 2.88. The molecule has 2 saturated carbocycles. The van der Waals surface area contributed by atoms with E-state index < -0.39 is 13.7 Å². The van der Waals surface area contributed by atoms with Gasteiger partial charge in [0.15, 0.2) is 8.32 Å². The first kappa shape index (κ1) is 23.9. The van der Waals surface area contributed by atoms with E-state index in [4.69, 9.17) is 9.16 Å². The first-order valence-corrected chi connectivity index (χ1v) is 14.4. The smallest absolute Gasteiger partial charge is 0.311 e. The molecule has 2 aliphatic rings. The molecule has 0 spiro atoms. The number of carbonyl (C=O) groups excluding carboxylic acids is 1. The third kappa shape index (κ3) is 4.86. The fraction of sp³-hybridized carbons (Fsp3) is 0.958. The highest BCUT2D eigenvalue weighted by Crippen LogP contribution is 2.59. The molecule has 0 saturated heterocycles. The summed E-state index contributed by atoms with van der Waals surface area (Å²) in [5, 5.41) is 0.257. The highest BCUT2D eigenvalue weighted by Gasteiger charge is 2.54. The van der Waals surface area contributed by atoms with E-state index in [1.54, 1.807) is 0 Å². The minimum atomic E-state index is -1.75. The average molecular weight is 411 g/mol. The Hall–Kier alpha value is -0.353. The van der Waals surface area contributed by atoms with E-state index >= 15 is 0 Å². The van der Waals surface area contributed by atoms with Crippen molar-refractivity contribution in [2.45, 2.75) is 112 Å². The summed E-state index contributed by atoms with van der Waals surface area (Å²) in [6.07, 6.45) is 6.68. The molecular formula is C24H46O3Si. The zero-order valence-electron chi connectivity index (χ0n) is 20.3. The maximum atomic E-state index is 12.2. The quantitative estimate of drug-likeness (QED) is 0.368. The fourth-order valence-corrected chi connectivity index (χ4v) is 6.72. The van der Waals surface area contributed by atoms with Gasteiger partial charge in [0.2, 0.25) is 0 Å². The third-order valence-corrected chi connectivity index (χ3v) is 12.7. The van der Waals surface area contributed by atoms with Gasteiger partial charge in [-0.2, -0.15) is 0 Å². The molecule has 0 aliphatic heterocycles. The lowest BCUT2D eigenvalue weighted by Gasteiger charge is -2.49. The molecule has 2 aliphatic carbocycles. The molecule has 0 amide bonds. The summed E-state index contributed by atoms with van der Waals surface area (Å²) >= 11 is 0. The van der Waals surface area contributed by atoms with Gasteiger partial charge < -0.3 is 9.16 Å². The molecule has 0 bridgehead atoms. The standard InChI is InChI=1S/C24H46O3Si/c1-17(16-26-21(25)22(2,3)4)18-13-14-19-20(12-11-15-24(18,19)8)27-28(9,10)23(5,6)7/h17-20H,11-16H2,1-10H3/t17-,18+,19-,20-,24+/m0/s1. The summed E-state index contributed by atoms with van der Waals surface area (Å²) in [4.78, 5) is 12.2. The van der Waals surface area contributed by atoms with Gasteiger partial charge in [-0.1, -0.05) is 41.0 Å². The highest BCUT2D eigenvalue weighted by atomic mass is 28.4. The number of ether oxygens (including phenoxy) is 1. The van der Waals surface area contributed by atoms with Crippen LogP contribution in [0.2, 0.25) is 18.1 Å². The van der Waals surface area contributed by atoms with Gasteiger partial charge in [-0.15, -0.1) is 0 Å². The Labute approximate surface area is 175 Å². The first-order chi connectivity index (χ1) is 12.6. The van der Waals surface area contributed by atoms with Crippen LogP contribution in [0.3, 0.4) is 0 Å². The second-order valence-corrected chi connectivity index (χ2v) is 17.2. The van der Waals surface area contributed by atoms with Gasteiger partial charge in [0, 0.05) is 6.10 Å². The molecule has 0 aromatic heterocycles. The molecule has 4 heteroatoms. The van der Waals surface area contributed by atoms with Gasteiger partial charge in [-0.25, -0.2) is 0 Å². The first-order valence-electron chi connectivity index (χ1n) is 11.4. The van der Waals surface area contributed by atoms with Gasteiger partial charge in [-0.05, 0) is 87.8 Å². The summed E-state index contributed by atoms with van der Waals surface area (Å²) in [6, 6.07) is 0. The second-order valence-electron chi connectivity index (χ2n) is 12.4. The van der Waals surface area contributed by atoms with Crippen molar-refractivity contribution < 1.29 is 14.0 Å². The molecule has 0 aromatic carbocycles. The van der Waals surface area contributed by atoms with Crippen molar-refractivity contribution in [1.29, 1.82) is 0 Å². The number of hydrogen-bond acceptors (Lipinski definition) is 3. The van der Waals surface area contributed by atoms with Crippen molar-refractivity contribution in [3.63, 3.8) is 0 Å². The van der Waals surface area contributed by atoms with Crippen LogP contribution >= 0.6 is 0 Å². The van der Waals surface area contributed by atoms with Crippen LogP contribution in [0.4, 0.5) is 0 Å². The molecule has 164 valence electrons. The van der Waals surface area contributed by atoms with Gasteiger partial charge >= 0.3 is 5.97 Å². The number of esters is 1. The summed E-state index contributed by atoms with van der Waals surface area (Å²) in [5.41, 5.74) is -0.104. The van der Waals surface area contributed by atoms with Crippen LogP contribution in [0.25, 0.3) is 0 Å². The Morgan fingerprint density at radius 3 is 2.25 bits per heavy atom. The van der Waals surface area contributed by atoms with Gasteiger partial charge in [0.25, 0.3) is 0 Å². The maximum Gasteiger partial charge on any atom is 0.311 e. The molecule has 3 nitrogen and oxygen atoms in total. The summed E-state index contributed by atoms with van der Waals surface area (Å²) in [7, 11) is -1.75. The molecule has 0 radical (unpaired) electrons. The second kappa shape index (κ2) is 8.06. The van der Waals surface area contributed by atoms with Crippen LogP contribution in [0.15, 0.2) is 0 Å². The Morgan fingerprint density at radius 1 is 1.11 bits per heavy atom. The van der Waals surface area contributed by atoms with E-state index in [1.807, 2.05) is 20.8 Å². The van der Waals surface area contributed by atoms with Crippen molar-refractivity contribution >= 4 is 14.3 Å². The van der Waals surface area contributed by atoms with Crippen LogP contribution in [-0.2, 0) is 14.0 Å². The van der Waals surface area contributed by atoms with E-state index in [2.05, 4.69) is 47.7 Å². The van der Waals surface area contributed by atoms with E-state index in [9.17, 15) is 4.79 Å². The molecule has 2 rings (SSSR count). The largest absolute Gasteiger partial charge is 0.465 e. The molecule has 0 unspecified atom stereocenters. The minimum Gasteiger partial charge on any atom is -0.465 e. The molecule has 0 heterocycles. The third-order valence-electron chi connectivity index (χ3n) is 8.16. The predicted molar refractivity (Wildman–Crippen MR) is 120 cm³/mol. The number of fused-ring (bicyclic) bond motifs is 1. The van der Waals surface area contributed by atoms with E-state index in [-0.39, 0.29) is 11.0 Å². The van der Waals surface area contributed by atoms with Crippen molar-refractivity contribution in [3.05, 3.63) is 0 Å². The van der Waals surface area contributed by atoms with Crippen LogP contribution in [0, 0.1) is 28.6 Å². The number of rotatable bonds is 5. The van der Waals surface area contributed by atoms with E-state index in [0.29, 0.717) is 35.9 Å². The maximum absolute atomic E-state index is 12.2. The molecule has 28 heavy (non-hydrogen) atoms. The van der Waals surface area contributed by atoms with Crippen LogP contribution < -0.4 is 0 Å². The van der Waals surface area contributed by atoms with Crippen molar-refractivity contribution in [2.75, 3.05) is 6.61 Å². The lowest BCUT2D eigenvalue weighted by molar-refractivity contribution is -0.155. The molecule has 0 aromatic rings. The Morgan fingerprint density at radius 2 is 1.71 bits per heavy atom. The topological polar surface area (TPSA) is 35.5 Å². The van der Waals surface area contributed by atoms with Gasteiger partial charge in [-0.3, -0.25) is 4.79 Å². The lowest BCUT2D eigenvalue weighted by Crippen LogP contribution is -2.50. The van der Waals surface area contributed by atoms with Crippen molar-refractivity contribution in [2.24, 2.45) is 28.6 Å². The fourth-order valence-electron chi connectivity index (χ4n) is 5.33. The lowest BCUT2D eigenvalue weighted by atomic mass is 9.62. The number of hydrogen-bond donors (Lipinski definition) is 0. The Kier molecular flexibility index (Phi) is 6.88. The summed E-state index contributed by atoms with van der Waals surface area (Å²) in [5.74, 6) is 1.60. The predicted octanol–water partition coefficient (Wildman–Crippen LogP) is 6.82. The Bertz CT molecular complexity index is 557. The van der Waals surface area contributed by atoms with Crippen molar-refractivity contribution in [1.82, 2.24) is 0 Å².